The Morgan fingerprint density at radius 2 is 2.33 bits per heavy atom. The Hall–Kier alpha value is -1.86. The number of hydrogen-bond donors (Lipinski definition) is 1. The van der Waals surface area contributed by atoms with Crippen LogP contribution >= 0.6 is 0 Å². The Balaban J connectivity index is 2.24. The van der Waals surface area contributed by atoms with E-state index in [0.717, 1.165) is 12.1 Å². The maximum absolute atomic E-state index is 11.0. The maximum Gasteiger partial charge on any atom is 0.275 e. The number of nitrogens with zero attached hydrogens (tertiary/aromatic N) is 2. The first-order chi connectivity index (χ1) is 10.1. The Morgan fingerprint density at radius 3 is 3.00 bits per heavy atom. The fourth-order valence-electron chi connectivity index (χ4n) is 2.22. The van der Waals surface area contributed by atoms with E-state index in [2.05, 4.69) is 0 Å². The van der Waals surface area contributed by atoms with Crippen molar-refractivity contribution in [1.29, 1.82) is 0 Å². The number of nitro groups is 1. The average Bonchev–Trinajstić information content (AvgIpc) is 2.52. The molecule has 1 aliphatic rings. The highest BCUT2D eigenvalue weighted by molar-refractivity contribution is 5.58. The predicted molar refractivity (Wildman–Crippen MR) is 77.9 cm³/mol. The number of anilines is 1. The van der Waals surface area contributed by atoms with Gasteiger partial charge >= 0.3 is 0 Å². The molecule has 21 heavy (non-hydrogen) atoms. The van der Waals surface area contributed by atoms with Crippen LogP contribution in [0.2, 0.25) is 0 Å². The minimum Gasteiger partial charge on any atom is -0.493 e. The third-order valence-electron chi connectivity index (χ3n) is 3.27. The number of morpholine rings is 1. The Kier molecular flexibility index (Phi) is 5.35. The summed E-state index contributed by atoms with van der Waals surface area (Å²) in [6, 6.07) is 4.75. The number of aliphatic hydroxyl groups is 1. The zero-order valence-corrected chi connectivity index (χ0v) is 12.0. The van der Waals surface area contributed by atoms with Gasteiger partial charge in [-0.3, -0.25) is 10.1 Å². The molecular weight excluding hydrogens is 276 g/mol. The minimum absolute atomic E-state index is 0.00523. The van der Waals surface area contributed by atoms with E-state index in [0.29, 0.717) is 32.1 Å². The first-order valence-electron chi connectivity index (χ1n) is 7.03. The van der Waals surface area contributed by atoms with Gasteiger partial charge in [0, 0.05) is 30.9 Å². The standard InChI is InChI=1S/C14H20N2O5/c1-2-4-20-13-7-11(6-12(8-13)16(18)19)15-3-5-21-14(9-15)10-17/h6-8,14,17H,2-5,9-10H2,1H3. The minimum atomic E-state index is -0.424. The second-order valence-corrected chi connectivity index (χ2v) is 4.91. The highest BCUT2D eigenvalue weighted by Crippen LogP contribution is 2.29. The number of aliphatic hydroxyl groups excluding tert-OH is 1. The number of rotatable bonds is 6. The molecule has 0 aromatic heterocycles. The highest BCUT2D eigenvalue weighted by Gasteiger charge is 2.22. The van der Waals surface area contributed by atoms with Gasteiger partial charge < -0.3 is 19.5 Å². The van der Waals surface area contributed by atoms with E-state index in [4.69, 9.17) is 9.47 Å². The van der Waals surface area contributed by atoms with Crippen LogP contribution in [0, 0.1) is 10.1 Å². The van der Waals surface area contributed by atoms with Crippen LogP contribution in [0.3, 0.4) is 0 Å². The van der Waals surface area contributed by atoms with Gasteiger partial charge in [0.05, 0.1) is 36.9 Å². The molecule has 7 heteroatoms. The normalized spacial score (nSPS) is 18.6. The topological polar surface area (TPSA) is 85.1 Å². The van der Waals surface area contributed by atoms with Gasteiger partial charge in [0.25, 0.3) is 5.69 Å². The van der Waals surface area contributed by atoms with Gasteiger partial charge in [0.2, 0.25) is 0 Å². The average molecular weight is 296 g/mol. The van der Waals surface area contributed by atoms with Crippen LogP contribution in [0.15, 0.2) is 18.2 Å². The molecule has 1 saturated heterocycles. The molecule has 1 aliphatic heterocycles. The maximum atomic E-state index is 11.0. The molecule has 0 amide bonds. The van der Waals surface area contributed by atoms with Crippen LogP contribution in [-0.4, -0.2) is 49.0 Å². The number of nitro benzene ring substituents is 1. The molecule has 1 atom stereocenters. The van der Waals surface area contributed by atoms with E-state index in [1.807, 2.05) is 11.8 Å². The molecule has 116 valence electrons. The Bertz CT molecular complexity index is 494. The molecule has 0 bridgehead atoms. The summed E-state index contributed by atoms with van der Waals surface area (Å²) in [5.74, 6) is 0.494. The van der Waals surface area contributed by atoms with Gasteiger partial charge in [0.15, 0.2) is 0 Å². The van der Waals surface area contributed by atoms with Crippen molar-refractivity contribution in [2.24, 2.45) is 0 Å². The molecule has 1 heterocycles. The summed E-state index contributed by atoms with van der Waals surface area (Å²) in [7, 11) is 0. The second kappa shape index (κ2) is 7.24. The number of benzene rings is 1. The lowest BCUT2D eigenvalue weighted by molar-refractivity contribution is -0.384. The molecule has 1 N–H and O–H groups in total. The van der Waals surface area contributed by atoms with Crippen LogP contribution in [-0.2, 0) is 4.74 Å². The van der Waals surface area contributed by atoms with Crippen molar-refractivity contribution in [3.63, 3.8) is 0 Å². The molecule has 7 nitrogen and oxygen atoms in total. The summed E-state index contributed by atoms with van der Waals surface area (Å²) in [5.41, 5.74) is 0.725. The van der Waals surface area contributed by atoms with Crippen LogP contribution in [0.5, 0.6) is 5.75 Å². The molecule has 1 aromatic carbocycles. The van der Waals surface area contributed by atoms with Crippen LogP contribution in [0.4, 0.5) is 11.4 Å². The van der Waals surface area contributed by atoms with Crippen molar-refractivity contribution in [2.75, 3.05) is 37.8 Å². The van der Waals surface area contributed by atoms with Crippen molar-refractivity contribution in [3.05, 3.63) is 28.3 Å². The summed E-state index contributed by atoms with van der Waals surface area (Å²) >= 11 is 0. The van der Waals surface area contributed by atoms with Crippen LogP contribution in [0.1, 0.15) is 13.3 Å². The summed E-state index contributed by atoms with van der Waals surface area (Å²) < 4.78 is 10.9. The van der Waals surface area contributed by atoms with Crippen LogP contribution < -0.4 is 9.64 Å². The van der Waals surface area contributed by atoms with Crippen LogP contribution in [0.25, 0.3) is 0 Å². The molecule has 1 fully saturated rings. The van der Waals surface area contributed by atoms with Gasteiger partial charge in [-0.05, 0) is 6.42 Å². The van der Waals surface area contributed by atoms with Gasteiger partial charge in [0.1, 0.15) is 5.75 Å². The monoisotopic (exact) mass is 296 g/mol. The van der Waals surface area contributed by atoms with Gasteiger partial charge in [-0.2, -0.15) is 0 Å². The quantitative estimate of drug-likeness (QED) is 0.633. The molecular formula is C14H20N2O5. The second-order valence-electron chi connectivity index (χ2n) is 4.91. The molecule has 0 saturated carbocycles. The van der Waals surface area contributed by atoms with Gasteiger partial charge in [-0.1, -0.05) is 6.92 Å². The lowest BCUT2D eigenvalue weighted by Crippen LogP contribution is -2.44. The van der Waals surface area contributed by atoms with E-state index < -0.39 is 4.92 Å². The third-order valence-corrected chi connectivity index (χ3v) is 3.27. The Morgan fingerprint density at radius 1 is 1.52 bits per heavy atom. The zero-order valence-electron chi connectivity index (χ0n) is 12.0. The lowest BCUT2D eigenvalue weighted by Gasteiger charge is -2.33. The molecule has 1 aromatic rings. The first-order valence-corrected chi connectivity index (χ1v) is 7.03. The largest absolute Gasteiger partial charge is 0.493 e. The first kappa shape index (κ1) is 15.5. The van der Waals surface area contributed by atoms with E-state index in [1.54, 1.807) is 6.07 Å². The molecule has 1 unspecified atom stereocenters. The molecule has 0 spiro atoms. The molecule has 0 radical (unpaired) electrons. The lowest BCUT2D eigenvalue weighted by atomic mass is 10.2. The SMILES string of the molecule is CCCOc1cc(N2CCOC(CO)C2)cc([N+](=O)[O-])c1. The number of non-ortho nitro benzene ring substituents is 1. The van der Waals surface area contributed by atoms with Gasteiger partial charge in [-0.15, -0.1) is 0 Å². The summed E-state index contributed by atoms with van der Waals surface area (Å²) in [4.78, 5) is 12.6. The smallest absolute Gasteiger partial charge is 0.275 e. The van der Waals surface area contributed by atoms with Gasteiger partial charge in [-0.25, -0.2) is 0 Å². The Labute approximate surface area is 123 Å². The van der Waals surface area contributed by atoms with E-state index in [-0.39, 0.29) is 18.4 Å². The molecule has 0 aliphatic carbocycles. The van der Waals surface area contributed by atoms with Crippen molar-refractivity contribution >= 4 is 11.4 Å². The van der Waals surface area contributed by atoms with Crippen molar-refractivity contribution in [2.45, 2.75) is 19.4 Å². The fraction of sp³-hybridized carbons (Fsp3) is 0.571. The summed E-state index contributed by atoms with van der Waals surface area (Å²) in [6.07, 6.45) is 0.570. The predicted octanol–water partition coefficient (Wildman–Crippen LogP) is 1.58. The highest BCUT2D eigenvalue weighted by atomic mass is 16.6. The fourth-order valence-corrected chi connectivity index (χ4v) is 2.22. The molecule has 2 rings (SSSR count). The number of hydrogen-bond acceptors (Lipinski definition) is 6. The summed E-state index contributed by atoms with van der Waals surface area (Å²) in [5, 5.41) is 20.2. The third kappa shape index (κ3) is 4.05. The van der Waals surface area contributed by atoms with E-state index >= 15 is 0 Å². The van der Waals surface area contributed by atoms with E-state index in [1.165, 1.54) is 12.1 Å². The van der Waals surface area contributed by atoms with Crippen molar-refractivity contribution in [1.82, 2.24) is 0 Å². The number of ether oxygens (including phenoxy) is 2. The summed E-state index contributed by atoms with van der Waals surface area (Å²) in [6.45, 7) is 4.05. The van der Waals surface area contributed by atoms with E-state index in [9.17, 15) is 15.2 Å². The van der Waals surface area contributed by atoms with Crippen molar-refractivity contribution < 1.29 is 19.5 Å². The van der Waals surface area contributed by atoms with Crippen molar-refractivity contribution in [3.8, 4) is 5.75 Å². The zero-order chi connectivity index (χ0) is 15.2.